The molecule has 1 N–H and O–H groups in total. The van der Waals surface area contributed by atoms with E-state index in [9.17, 15) is 4.79 Å². The van der Waals surface area contributed by atoms with Crippen LogP contribution in [0.25, 0.3) is 0 Å². The maximum Gasteiger partial charge on any atom is 0.317 e. The smallest absolute Gasteiger partial charge is 0.317 e. The van der Waals surface area contributed by atoms with Crippen LogP contribution >= 0.6 is 0 Å². The molecule has 2 amide bonds. The highest BCUT2D eigenvalue weighted by Crippen LogP contribution is 2.21. The van der Waals surface area contributed by atoms with Crippen LogP contribution in [0.2, 0.25) is 0 Å². The van der Waals surface area contributed by atoms with Crippen LogP contribution in [0, 0.1) is 5.92 Å². The summed E-state index contributed by atoms with van der Waals surface area (Å²) in [7, 11) is 2.17. The van der Waals surface area contributed by atoms with Gasteiger partial charge in [-0.2, -0.15) is 0 Å². The van der Waals surface area contributed by atoms with Crippen molar-refractivity contribution < 1.29 is 9.53 Å². The SMILES string of the molecule is CC[C@]1(C)CN(C(=O)NC[C@H](C(C)C)N2CCN(C)CC2)CCO1. The largest absolute Gasteiger partial charge is 0.372 e. The van der Waals surface area contributed by atoms with Gasteiger partial charge in [-0.25, -0.2) is 4.79 Å². The number of amides is 2. The van der Waals surface area contributed by atoms with E-state index < -0.39 is 0 Å². The average molecular weight is 341 g/mol. The lowest BCUT2D eigenvalue weighted by Crippen LogP contribution is -2.57. The fraction of sp³-hybridized carbons (Fsp3) is 0.944. The number of hydrogen-bond acceptors (Lipinski definition) is 4. The van der Waals surface area contributed by atoms with Crippen molar-refractivity contribution in [2.75, 3.05) is 59.5 Å². The van der Waals surface area contributed by atoms with E-state index in [1.54, 1.807) is 0 Å². The van der Waals surface area contributed by atoms with Crippen molar-refractivity contribution >= 4 is 6.03 Å². The quantitative estimate of drug-likeness (QED) is 0.823. The summed E-state index contributed by atoms with van der Waals surface area (Å²) in [6.07, 6.45) is 0.923. The predicted molar refractivity (Wildman–Crippen MR) is 97.3 cm³/mol. The summed E-state index contributed by atoms with van der Waals surface area (Å²) >= 11 is 0. The van der Waals surface area contributed by atoms with E-state index in [1.807, 2.05) is 4.90 Å². The van der Waals surface area contributed by atoms with E-state index in [0.717, 1.165) is 39.1 Å². The maximum atomic E-state index is 12.6. The van der Waals surface area contributed by atoms with Crippen molar-refractivity contribution in [3.8, 4) is 0 Å². The number of rotatable bonds is 5. The second-order valence-corrected chi connectivity index (χ2v) is 7.91. The van der Waals surface area contributed by atoms with Gasteiger partial charge in [-0.1, -0.05) is 20.8 Å². The lowest BCUT2D eigenvalue weighted by atomic mass is 10.0. The van der Waals surface area contributed by atoms with Crippen molar-refractivity contribution in [3.05, 3.63) is 0 Å². The van der Waals surface area contributed by atoms with Gasteiger partial charge >= 0.3 is 6.03 Å². The standard InChI is InChI=1S/C18H36N4O2/c1-6-18(4)14-22(11-12-24-18)17(23)19-13-16(15(2)3)21-9-7-20(5)8-10-21/h15-16H,6-14H2,1-5H3,(H,19,23)/t16-,18-/m1/s1. The summed E-state index contributed by atoms with van der Waals surface area (Å²) in [4.78, 5) is 19.4. The van der Waals surface area contributed by atoms with Crippen molar-refractivity contribution in [2.45, 2.75) is 45.8 Å². The number of likely N-dealkylation sites (N-methyl/N-ethyl adjacent to an activating group) is 1. The Bertz CT molecular complexity index is 410. The molecular formula is C18H36N4O2. The monoisotopic (exact) mass is 340 g/mol. The highest BCUT2D eigenvalue weighted by Gasteiger charge is 2.33. The van der Waals surface area contributed by atoms with Gasteiger partial charge in [-0.05, 0) is 26.3 Å². The van der Waals surface area contributed by atoms with Gasteiger partial charge in [0.25, 0.3) is 0 Å². The van der Waals surface area contributed by atoms with Gasteiger partial charge in [0.15, 0.2) is 0 Å². The number of nitrogens with zero attached hydrogens (tertiary/aromatic N) is 3. The first-order valence-electron chi connectivity index (χ1n) is 9.44. The minimum atomic E-state index is -0.204. The summed E-state index contributed by atoms with van der Waals surface area (Å²) in [6.45, 7) is 15.8. The Hall–Kier alpha value is -0.850. The average Bonchev–Trinajstić information content (AvgIpc) is 2.56. The van der Waals surface area contributed by atoms with Crippen molar-refractivity contribution in [2.24, 2.45) is 5.92 Å². The molecule has 0 radical (unpaired) electrons. The van der Waals surface area contributed by atoms with Gasteiger partial charge in [0.1, 0.15) is 0 Å². The van der Waals surface area contributed by atoms with Crippen LogP contribution in [0.5, 0.6) is 0 Å². The minimum Gasteiger partial charge on any atom is -0.372 e. The molecule has 6 nitrogen and oxygen atoms in total. The number of piperazine rings is 1. The summed E-state index contributed by atoms with van der Waals surface area (Å²) < 4.78 is 5.83. The summed E-state index contributed by atoms with van der Waals surface area (Å²) in [5.74, 6) is 0.527. The van der Waals surface area contributed by atoms with Crippen molar-refractivity contribution in [3.63, 3.8) is 0 Å². The molecule has 0 aromatic carbocycles. The van der Waals surface area contributed by atoms with Gasteiger partial charge < -0.3 is 19.9 Å². The van der Waals surface area contributed by atoms with Crippen LogP contribution < -0.4 is 5.32 Å². The third-order valence-electron chi connectivity index (χ3n) is 5.61. The van der Waals surface area contributed by atoms with Gasteiger partial charge in [0, 0.05) is 45.3 Å². The van der Waals surface area contributed by atoms with E-state index in [2.05, 4.69) is 49.9 Å². The number of nitrogens with one attached hydrogen (secondary N) is 1. The van der Waals surface area contributed by atoms with Gasteiger partial charge in [-0.3, -0.25) is 4.90 Å². The highest BCUT2D eigenvalue weighted by molar-refractivity contribution is 5.74. The van der Waals surface area contributed by atoms with E-state index in [0.29, 0.717) is 31.7 Å². The van der Waals surface area contributed by atoms with E-state index in [1.165, 1.54) is 0 Å². The zero-order valence-corrected chi connectivity index (χ0v) is 16.2. The Morgan fingerprint density at radius 1 is 1.21 bits per heavy atom. The molecule has 2 fully saturated rings. The Kier molecular flexibility index (Phi) is 6.89. The van der Waals surface area contributed by atoms with Crippen LogP contribution in [-0.4, -0.2) is 91.8 Å². The molecule has 2 heterocycles. The molecule has 2 saturated heterocycles. The molecule has 2 atom stereocenters. The third kappa shape index (κ3) is 5.07. The molecule has 140 valence electrons. The zero-order chi connectivity index (χ0) is 17.7. The second-order valence-electron chi connectivity index (χ2n) is 7.91. The normalized spacial score (nSPS) is 28.2. The number of hydrogen-bond donors (Lipinski definition) is 1. The third-order valence-corrected chi connectivity index (χ3v) is 5.61. The van der Waals surface area contributed by atoms with Crippen LogP contribution in [0.15, 0.2) is 0 Å². The first-order chi connectivity index (χ1) is 11.3. The van der Waals surface area contributed by atoms with E-state index in [4.69, 9.17) is 4.74 Å². The molecule has 2 rings (SSSR count). The first kappa shape index (κ1) is 19.5. The fourth-order valence-electron chi connectivity index (χ4n) is 3.56. The molecule has 0 aromatic rings. The Labute approximate surface area is 147 Å². The minimum absolute atomic E-state index is 0.0535. The van der Waals surface area contributed by atoms with Gasteiger partial charge in [0.05, 0.1) is 18.8 Å². The Morgan fingerprint density at radius 3 is 2.46 bits per heavy atom. The molecule has 0 unspecified atom stereocenters. The molecular weight excluding hydrogens is 304 g/mol. The molecule has 24 heavy (non-hydrogen) atoms. The Morgan fingerprint density at radius 2 is 1.88 bits per heavy atom. The highest BCUT2D eigenvalue weighted by atomic mass is 16.5. The lowest BCUT2D eigenvalue weighted by Gasteiger charge is -2.42. The molecule has 0 saturated carbocycles. The van der Waals surface area contributed by atoms with E-state index in [-0.39, 0.29) is 11.6 Å². The van der Waals surface area contributed by atoms with Crippen molar-refractivity contribution in [1.82, 2.24) is 20.0 Å². The number of ether oxygens (including phenoxy) is 1. The number of carbonyl (C=O) groups excluding carboxylic acids is 1. The molecule has 0 spiro atoms. The van der Waals surface area contributed by atoms with Crippen LogP contribution in [0.3, 0.4) is 0 Å². The number of morpholine rings is 1. The summed E-state index contributed by atoms with van der Waals surface area (Å²) in [5.41, 5.74) is -0.204. The van der Waals surface area contributed by atoms with Crippen LogP contribution in [0.4, 0.5) is 4.79 Å². The van der Waals surface area contributed by atoms with Crippen LogP contribution in [0.1, 0.15) is 34.1 Å². The molecule has 2 aliphatic rings. The lowest BCUT2D eigenvalue weighted by molar-refractivity contribution is -0.0873. The number of carbonyl (C=O) groups is 1. The maximum absolute atomic E-state index is 12.6. The van der Waals surface area contributed by atoms with E-state index >= 15 is 0 Å². The number of urea groups is 1. The molecule has 6 heteroatoms. The van der Waals surface area contributed by atoms with Gasteiger partial charge in [-0.15, -0.1) is 0 Å². The predicted octanol–water partition coefficient (Wildman–Crippen LogP) is 1.47. The second kappa shape index (κ2) is 8.50. The Balaban J connectivity index is 1.86. The topological polar surface area (TPSA) is 48.1 Å². The molecule has 0 aliphatic carbocycles. The molecule has 0 aromatic heterocycles. The molecule has 0 bridgehead atoms. The zero-order valence-electron chi connectivity index (χ0n) is 16.2. The van der Waals surface area contributed by atoms with Crippen LogP contribution in [-0.2, 0) is 4.74 Å². The molecule has 2 aliphatic heterocycles. The first-order valence-corrected chi connectivity index (χ1v) is 9.44. The fourth-order valence-corrected chi connectivity index (χ4v) is 3.56. The summed E-state index contributed by atoms with van der Waals surface area (Å²) in [6, 6.07) is 0.457. The summed E-state index contributed by atoms with van der Waals surface area (Å²) in [5, 5.41) is 3.18. The van der Waals surface area contributed by atoms with Gasteiger partial charge in [0.2, 0.25) is 0 Å². The van der Waals surface area contributed by atoms with Crippen molar-refractivity contribution in [1.29, 1.82) is 0 Å².